The molecule has 0 amide bonds. The smallest absolute Gasteiger partial charge is 0 e. The van der Waals surface area contributed by atoms with Crippen molar-refractivity contribution in [2.75, 3.05) is 0 Å². The van der Waals surface area contributed by atoms with Crippen molar-refractivity contribution in [1.82, 2.24) is 0 Å². The number of allylic oxidation sites excluding steroid dienone is 2. The van der Waals surface area contributed by atoms with Gasteiger partial charge in [0.25, 0.3) is 0 Å². The topological polar surface area (TPSA) is 0 Å². The van der Waals surface area contributed by atoms with Crippen molar-refractivity contribution in [2.24, 2.45) is 0 Å². The van der Waals surface area contributed by atoms with Crippen molar-refractivity contribution in [3.05, 3.63) is 17.6 Å². The quantitative estimate of drug-likeness (QED) is 0.701. The van der Waals surface area contributed by atoms with Crippen molar-refractivity contribution in [3.63, 3.8) is 0 Å². The molecule has 61 valence electrons. The van der Waals surface area contributed by atoms with Crippen molar-refractivity contribution in [1.29, 1.82) is 0 Å². The van der Waals surface area contributed by atoms with Crippen LogP contribution >= 0.6 is 0 Å². The van der Waals surface area contributed by atoms with E-state index in [2.05, 4.69) is 34.1 Å². The summed E-state index contributed by atoms with van der Waals surface area (Å²) in [5.41, 5.74) is 2.97. The van der Waals surface area contributed by atoms with Crippen LogP contribution in [0.3, 0.4) is 0 Å². The maximum atomic E-state index is 2.28. The Kier molecular flexibility index (Phi) is 9.52. The molecule has 0 atom stereocenters. The Bertz CT molecular complexity index is 103. The van der Waals surface area contributed by atoms with Crippen LogP contribution < -0.4 is 0 Å². The van der Waals surface area contributed by atoms with Crippen LogP contribution in [0.5, 0.6) is 0 Å². The molecule has 1 radical (unpaired) electrons. The van der Waals surface area contributed by atoms with Gasteiger partial charge in [-0.1, -0.05) is 20.8 Å². The van der Waals surface area contributed by atoms with Crippen LogP contribution in [0.4, 0.5) is 0 Å². The molecule has 0 bridgehead atoms. The van der Waals surface area contributed by atoms with Gasteiger partial charge in [-0.25, -0.2) is 17.6 Å². The summed E-state index contributed by atoms with van der Waals surface area (Å²) < 4.78 is 0. The first-order chi connectivity index (χ1) is 4.22. The molecule has 0 aromatic rings. The molecule has 0 heterocycles. The molecule has 0 N–H and O–H groups in total. The summed E-state index contributed by atoms with van der Waals surface area (Å²) >= 11 is 0. The Balaban J connectivity index is 0. The molecule has 0 rings (SSSR count). The van der Waals surface area contributed by atoms with Gasteiger partial charge in [0, 0.05) is 20.4 Å². The molecule has 0 unspecified atom stereocenters. The summed E-state index contributed by atoms with van der Waals surface area (Å²) in [5, 5.41) is 0. The molecule has 0 aliphatic carbocycles. The van der Waals surface area contributed by atoms with E-state index in [1.165, 1.54) is 17.6 Å². The molecule has 0 fully saturated rings. The maximum Gasteiger partial charge on any atom is 0 e. The summed E-state index contributed by atoms with van der Waals surface area (Å²) in [7, 11) is 0. The van der Waals surface area contributed by atoms with E-state index >= 15 is 0 Å². The molecule has 1 heteroatoms. The van der Waals surface area contributed by atoms with Gasteiger partial charge in [-0.15, -0.1) is 19.8 Å². The largest absolute Gasteiger partial charge is 0.228 e. The third-order valence-electron chi connectivity index (χ3n) is 1.71. The Morgan fingerprint density at radius 3 is 2.00 bits per heavy atom. The van der Waals surface area contributed by atoms with Gasteiger partial charge in [-0.2, -0.15) is 0 Å². The van der Waals surface area contributed by atoms with Gasteiger partial charge in [0.1, 0.15) is 0 Å². The zero-order chi connectivity index (χ0) is 7.28. The minimum Gasteiger partial charge on any atom is -0.228 e. The molecular formula is C9H17Re-. The normalized spacial score (nSPS) is 11.6. The average Bonchev–Trinajstić information content (AvgIpc) is 1.87. The molecule has 0 saturated heterocycles. The van der Waals surface area contributed by atoms with E-state index in [0.29, 0.717) is 0 Å². The zero-order valence-corrected chi connectivity index (χ0v) is 10.1. The molecule has 0 aliphatic heterocycles. The molecule has 10 heavy (non-hydrogen) atoms. The van der Waals surface area contributed by atoms with E-state index in [-0.39, 0.29) is 20.4 Å². The van der Waals surface area contributed by atoms with Crippen molar-refractivity contribution in [2.45, 2.75) is 40.5 Å². The minimum atomic E-state index is 0. The monoisotopic (exact) mass is 312 g/mol. The number of hydrogen-bond acceptors (Lipinski definition) is 0. The van der Waals surface area contributed by atoms with Crippen LogP contribution in [0.1, 0.15) is 40.5 Å². The van der Waals surface area contributed by atoms with E-state index < -0.39 is 0 Å². The predicted octanol–water partition coefficient (Wildman–Crippen LogP) is 3.34. The van der Waals surface area contributed by atoms with Gasteiger partial charge in [0.2, 0.25) is 0 Å². The van der Waals surface area contributed by atoms with Gasteiger partial charge in [-0.05, 0) is 0 Å². The van der Waals surface area contributed by atoms with Crippen LogP contribution in [0, 0.1) is 6.42 Å². The fraction of sp³-hybridized carbons (Fsp3) is 0.667. The third-order valence-corrected chi connectivity index (χ3v) is 1.71. The van der Waals surface area contributed by atoms with E-state index in [4.69, 9.17) is 0 Å². The van der Waals surface area contributed by atoms with Crippen molar-refractivity contribution in [3.8, 4) is 0 Å². The SMILES string of the molecule is CC[CH-]C(C)=C(C)CC.[Re]. The Labute approximate surface area is 78.7 Å². The second kappa shape index (κ2) is 7.38. The summed E-state index contributed by atoms with van der Waals surface area (Å²) in [6.07, 6.45) is 4.62. The van der Waals surface area contributed by atoms with E-state index in [9.17, 15) is 0 Å². The van der Waals surface area contributed by atoms with Gasteiger partial charge in [-0.3, -0.25) is 0 Å². The summed E-state index contributed by atoms with van der Waals surface area (Å²) in [4.78, 5) is 0. The fourth-order valence-electron chi connectivity index (χ4n) is 0.759. The van der Waals surface area contributed by atoms with Gasteiger partial charge < -0.3 is 0 Å². The van der Waals surface area contributed by atoms with E-state index in [0.717, 1.165) is 6.42 Å². The fourth-order valence-corrected chi connectivity index (χ4v) is 0.759. The first-order valence-electron chi connectivity index (χ1n) is 3.71. The standard InChI is InChI=1S/C9H17.Re/c1-5-7-9(4)8(3)6-2;/h7H,5-6H2,1-4H3;/q-1;. The zero-order valence-electron chi connectivity index (χ0n) is 7.37. The maximum absolute atomic E-state index is 2.28. The summed E-state index contributed by atoms with van der Waals surface area (Å²) in [6.45, 7) is 8.75. The van der Waals surface area contributed by atoms with E-state index in [1.807, 2.05) is 0 Å². The van der Waals surface area contributed by atoms with Crippen LogP contribution in [-0.4, -0.2) is 0 Å². The molecule has 0 spiro atoms. The van der Waals surface area contributed by atoms with Gasteiger partial charge in [0.15, 0.2) is 0 Å². The van der Waals surface area contributed by atoms with Crippen molar-refractivity contribution < 1.29 is 20.4 Å². The molecule has 0 aromatic carbocycles. The van der Waals surface area contributed by atoms with Crippen LogP contribution in [-0.2, 0) is 20.4 Å². The van der Waals surface area contributed by atoms with Crippen LogP contribution in [0.2, 0.25) is 0 Å². The molecule has 0 aromatic heterocycles. The first kappa shape index (κ1) is 12.9. The Morgan fingerprint density at radius 1 is 1.20 bits per heavy atom. The second-order valence-corrected chi connectivity index (χ2v) is 2.43. The van der Waals surface area contributed by atoms with Crippen LogP contribution in [0.15, 0.2) is 11.1 Å². The Hall–Kier alpha value is 0.272. The molecule has 0 saturated carbocycles. The molecule has 0 nitrogen and oxygen atoms in total. The third kappa shape index (κ3) is 5.09. The van der Waals surface area contributed by atoms with Crippen LogP contribution in [0.25, 0.3) is 0 Å². The Morgan fingerprint density at radius 2 is 1.70 bits per heavy atom. The molecular weight excluding hydrogens is 294 g/mol. The number of hydrogen-bond donors (Lipinski definition) is 0. The van der Waals surface area contributed by atoms with Gasteiger partial charge >= 0.3 is 0 Å². The minimum absolute atomic E-state index is 0. The summed E-state index contributed by atoms with van der Waals surface area (Å²) in [5.74, 6) is 0. The summed E-state index contributed by atoms with van der Waals surface area (Å²) in [6, 6.07) is 0. The van der Waals surface area contributed by atoms with E-state index in [1.54, 1.807) is 0 Å². The second-order valence-electron chi connectivity index (χ2n) is 2.43. The predicted molar refractivity (Wildman–Crippen MR) is 43.3 cm³/mol. The average molecular weight is 311 g/mol. The van der Waals surface area contributed by atoms with Crippen molar-refractivity contribution >= 4 is 0 Å². The van der Waals surface area contributed by atoms with Gasteiger partial charge in [0.05, 0.1) is 0 Å². The molecule has 0 aliphatic rings. The number of rotatable bonds is 3. The first-order valence-corrected chi connectivity index (χ1v) is 3.71.